The number of amidine groups is 1. The van der Waals surface area contributed by atoms with Crippen molar-refractivity contribution in [2.75, 3.05) is 11.3 Å². The fraction of sp³-hybridized carbons (Fsp3) is 0.222. The number of hydrogen-bond acceptors (Lipinski definition) is 4. The second kappa shape index (κ2) is 6.13. The maximum Gasteiger partial charge on any atom is 0.402 e. The zero-order valence-electron chi connectivity index (χ0n) is 10.1. The quantitative estimate of drug-likeness (QED) is 0.209. The van der Waals surface area contributed by atoms with Gasteiger partial charge in [0.25, 0.3) is 10.2 Å². The molecule has 0 aromatic heterocycles. The van der Waals surface area contributed by atoms with Gasteiger partial charge in [0.1, 0.15) is 12.4 Å². The van der Waals surface area contributed by atoms with Crippen LogP contribution in [0.2, 0.25) is 0 Å². The van der Waals surface area contributed by atoms with Gasteiger partial charge in [-0.05, 0) is 12.1 Å². The molecule has 0 saturated heterocycles. The third-order valence-corrected chi connectivity index (χ3v) is 3.10. The summed E-state index contributed by atoms with van der Waals surface area (Å²) in [4.78, 5) is 0. The second-order valence-corrected chi connectivity index (χ2v) is 5.19. The summed E-state index contributed by atoms with van der Waals surface area (Å²) in [5, 5.41) is 11.0. The topological polar surface area (TPSA) is 117 Å². The first-order valence-corrected chi connectivity index (χ1v) is 6.64. The number of benzene rings is 1. The fourth-order valence-electron chi connectivity index (χ4n) is 1.28. The molecular weight excluding hydrogens is 320 g/mol. The van der Waals surface area contributed by atoms with Crippen molar-refractivity contribution in [1.29, 1.82) is 0 Å². The van der Waals surface area contributed by atoms with Crippen LogP contribution in [0.25, 0.3) is 0 Å². The van der Waals surface area contributed by atoms with Crippen LogP contribution >= 0.6 is 0 Å². The zero-order valence-corrected chi connectivity index (χ0v) is 11.0. The Kier molecular flexibility index (Phi) is 4.96. The van der Waals surface area contributed by atoms with E-state index < -0.39 is 45.8 Å². The van der Waals surface area contributed by atoms with E-state index in [9.17, 15) is 26.0 Å². The largest absolute Gasteiger partial charge is 0.409 e. The molecule has 0 unspecified atom stereocenters. The number of nitrogens with one attached hydrogen (secondary N) is 2. The first-order chi connectivity index (χ1) is 9.56. The molecule has 0 atom stereocenters. The van der Waals surface area contributed by atoms with Gasteiger partial charge in [0.2, 0.25) is 0 Å². The average molecular weight is 330 g/mol. The molecule has 7 nitrogen and oxygen atoms in total. The lowest BCUT2D eigenvalue weighted by Crippen LogP contribution is -2.37. The molecule has 0 bridgehead atoms. The molecule has 0 heterocycles. The molecule has 118 valence electrons. The van der Waals surface area contributed by atoms with Gasteiger partial charge in [-0.1, -0.05) is 11.2 Å². The maximum absolute atomic E-state index is 13.5. The van der Waals surface area contributed by atoms with Gasteiger partial charge in [-0.2, -0.15) is 26.3 Å². The number of nitrogens with two attached hydrogens (primary N) is 1. The Hall–Kier alpha value is -2.08. The minimum Gasteiger partial charge on any atom is -0.409 e. The van der Waals surface area contributed by atoms with E-state index in [1.807, 2.05) is 0 Å². The van der Waals surface area contributed by atoms with Crippen molar-refractivity contribution in [3.05, 3.63) is 29.6 Å². The zero-order chi connectivity index (χ0) is 16.3. The Labute approximate surface area is 116 Å². The summed E-state index contributed by atoms with van der Waals surface area (Å²) < 4.78 is 75.2. The molecule has 0 fully saturated rings. The van der Waals surface area contributed by atoms with Crippen molar-refractivity contribution in [3.63, 3.8) is 0 Å². The summed E-state index contributed by atoms with van der Waals surface area (Å²) >= 11 is 0. The monoisotopic (exact) mass is 330 g/mol. The SMILES string of the molecule is N/C(=N/O)c1c(F)cccc1NS(=O)(=O)NCC(F)(F)F. The lowest BCUT2D eigenvalue weighted by molar-refractivity contribution is -0.121. The van der Waals surface area contributed by atoms with Crippen LogP contribution in [0.3, 0.4) is 0 Å². The molecule has 1 aromatic rings. The lowest BCUT2D eigenvalue weighted by atomic mass is 10.1. The van der Waals surface area contributed by atoms with Crippen molar-refractivity contribution < 1.29 is 31.2 Å². The molecule has 0 aliphatic rings. The molecule has 0 saturated carbocycles. The molecule has 1 aromatic carbocycles. The number of halogens is 4. The molecule has 1 rings (SSSR count). The van der Waals surface area contributed by atoms with Gasteiger partial charge in [-0.25, -0.2) is 4.39 Å². The summed E-state index contributed by atoms with van der Waals surface area (Å²) in [5.41, 5.74) is 4.10. The van der Waals surface area contributed by atoms with E-state index in [0.717, 1.165) is 18.2 Å². The normalized spacial score (nSPS) is 13.2. The number of oxime groups is 1. The molecule has 0 spiro atoms. The third-order valence-electron chi connectivity index (χ3n) is 2.08. The molecule has 0 aliphatic heterocycles. The third kappa shape index (κ3) is 5.07. The van der Waals surface area contributed by atoms with Gasteiger partial charge in [0.15, 0.2) is 5.84 Å². The van der Waals surface area contributed by atoms with Crippen molar-refractivity contribution in [3.8, 4) is 0 Å². The fourth-order valence-corrected chi connectivity index (χ4v) is 2.16. The van der Waals surface area contributed by atoms with Crippen molar-refractivity contribution in [2.24, 2.45) is 10.9 Å². The molecule has 0 amide bonds. The first kappa shape index (κ1) is 17.0. The van der Waals surface area contributed by atoms with Gasteiger partial charge in [0.05, 0.1) is 11.3 Å². The van der Waals surface area contributed by atoms with Gasteiger partial charge >= 0.3 is 6.18 Å². The Morgan fingerprint density at radius 1 is 1.38 bits per heavy atom. The van der Waals surface area contributed by atoms with E-state index in [1.54, 1.807) is 4.72 Å². The van der Waals surface area contributed by atoms with Gasteiger partial charge < -0.3 is 10.9 Å². The Bertz CT molecular complexity index is 645. The van der Waals surface area contributed by atoms with E-state index in [4.69, 9.17) is 10.9 Å². The second-order valence-electron chi connectivity index (χ2n) is 3.69. The smallest absolute Gasteiger partial charge is 0.402 e. The summed E-state index contributed by atoms with van der Waals surface area (Å²) in [6, 6.07) is 3.02. The van der Waals surface area contributed by atoms with Crippen LogP contribution in [0.15, 0.2) is 23.4 Å². The summed E-state index contributed by atoms with van der Waals surface area (Å²) in [6.45, 7) is -1.81. The molecule has 0 radical (unpaired) electrons. The van der Waals surface area contributed by atoms with Crippen LogP contribution in [0.5, 0.6) is 0 Å². The van der Waals surface area contributed by atoms with Crippen LogP contribution in [0, 0.1) is 5.82 Å². The van der Waals surface area contributed by atoms with E-state index in [-0.39, 0.29) is 0 Å². The van der Waals surface area contributed by atoms with Crippen molar-refractivity contribution >= 4 is 21.7 Å². The van der Waals surface area contributed by atoms with E-state index in [2.05, 4.69) is 5.16 Å². The minimum absolute atomic E-state index is 0.486. The molecule has 12 heteroatoms. The number of nitrogens with zero attached hydrogens (tertiary/aromatic N) is 1. The minimum atomic E-state index is -4.76. The van der Waals surface area contributed by atoms with Gasteiger partial charge in [-0.15, -0.1) is 0 Å². The van der Waals surface area contributed by atoms with Gasteiger partial charge in [-0.3, -0.25) is 4.72 Å². The highest BCUT2D eigenvalue weighted by molar-refractivity contribution is 7.90. The first-order valence-electron chi connectivity index (χ1n) is 5.16. The van der Waals surface area contributed by atoms with E-state index in [1.165, 1.54) is 4.72 Å². The number of rotatable bonds is 5. The number of hydrogen-bond donors (Lipinski definition) is 4. The van der Waals surface area contributed by atoms with Crippen molar-refractivity contribution in [1.82, 2.24) is 4.72 Å². The molecule has 5 N–H and O–H groups in total. The van der Waals surface area contributed by atoms with Crippen LogP contribution in [-0.2, 0) is 10.2 Å². The Morgan fingerprint density at radius 3 is 2.52 bits per heavy atom. The predicted molar refractivity (Wildman–Crippen MR) is 65.5 cm³/mol. The molecule has 0 aliphatic carbocycles. The van der Waals surface area contributed by atoms with Crippen LogP contribution in [0.4, 0.5) is 23.2 Å². The van der Waals surface area contributed by atoms with Crippen LogP contribution in [0.1, 0.15) is 5.56 Å². The molecular formula is C9H10F4N4O3S. The van der Waals surface area contributed by atoms with Crippen LogP contribution < -0.4 is 15.2 Å². The number of anilines is 1. The highest BCUT2D eigenvalue weighted by Crippen LogP contribution is 2.20. The average Bonchev–Trinajstić information content (AvgIpc) is 2.35. The lowest BCUT2D eigenvalue weighted by Gasteiger charge is -2.14. The van der Waals surface area contributed by atoms with Crippen molar-refractivity contribution in [2.45, 2.75) is 6.18 Å². The highest BCUT2D eigenvalue weighted by Gasteiger charge is 2.30. The van der Waals surface area contributed by atoms with E-state index in [0.29, 0.717) is 0 Å². The predicted octanol–water partition coefficient (Wildman–Crippen LogP) is 0.729. The maximum atomic E-state index is 13.5. The van der Waals surface area contributed by atoms with Crippen LogP contribution in [-0.4, -0.2) is 32.2 Å². The summed E-state index contributed by atoms with van der Waals surface area (Å²) in [6.07, 6.45) is -4.76. The Morgan fingerprint density at radius 2 is 2.00 bits per heavy atom. The molecule has 21 heavy (non-hydrogen) atoms. The van der Waals surface area contributed by atoms with Gasteiger partial charge in [0, 0.05) is 0 Å². The standard InChI is InChI=1S/C9H10F4N4O3S/c10-5-2-1-3-6(7(5)8(14)16-18)17-21(19,20)15-4-9(11,12)13/h1-3,15,17-18H,4H2,(H2,14,16). The highest BCUT2D eigenvalue weighted by atomic mass is 32.2. The Balaban J connectivity index is 3.06. The van der Waals surface area contributed by atoms with E-state index >= 15 is 0 Å². The summed E-state index contributed by atoms with van der Waals surface area (Å²) in [7, 11) is -4.63. The number of alkyl halides is 3. The summed E-state index contributed by atoms with van der Waals surface area (Å²) in [5.74, 6) is -1.78.